The van der Waals surface area contributed by atoms with Crippen LogP contribution in [0, 0.1) is 0 Å². The molecule has 0 spiro atoms. The maximum Gasteiger partial charge on any atom is 0.306 e. The largest absolute Gasteiger partial charge is 0.460 e. The second-order valence-corrected chi connectivity index (χ2v) is 3.84. The van der Waals surface area contributed by atoms with Gasteiger partial charge in [0.1, 0.15) is 12.2 Å². The molecule has 84 valence electrons. The number of hydrogen-bond acceptors (Lipinski definition) is 5. The summed E-state index contributed by atoms with van der Waals surface area (Å²) in [4.78, 5) is 21.5. The number of esters is 2. The molecule has 0 N–H and O–H groups in total. The summed E-state index contributed by atoms with van der Waals surface area (Å²) in [6.07, 6.45) is 2.18. The molecule has 2 rings (SSSR count). The van der Waals surface area contributed by atoms with E-state index < -0.39 is 0 Å². The molecule has 0 saturated carbocycles. The van der Waals surface area contributed by atoms with Gasteiger partial charge in [0.25, 0.3) is 0 Å². The number of ether oxygens (including phenoxy) is 3. The topological polar surface area (TPSA) is 61.8 Å². The molecule has 0 aliphatic carbocycles. The zero-order valence-corrected chi connectivity index (χ0v) is 8.44. The quantitative estimate of drug-likeness (QED) is 0.634. The van der Waals surface area contributed by atoms with Gasteiger partial charge in [-0.2, -0.15) is 0 Å². The van der Waals surface area contributed by atoms with Crippen molar-refractivity contribution in [2.75, 3.05) is 13.2 Å². The second kappa shape index (κ2) is 4.61. The predicted octanol–water partition coefficient (Wildman–Crippen LogP) is 0.414. The molecule has 2 heterocycles. The molecule has 2 aliphatic rings. The standard InChI is InChI=1S/C10H14O5/c11-9-3-1-7(14-9)5-13-6-8-2-4-10(12)15-8/h7-8H,1-6H2/t7-,8-/m1/s1. The predicted molar refractivity (Wildman–Crippen MR) is 49.0 cm³/mol. The van der Waals surface area contributed by atoms with Gasteiger partial charge in [0.05, 0.1) is 13.2 Å². The van der Waals surface area contributed by atoms with Crippen molar-refractivity contribution >= 4 is 11.9 Å². The molecular formula is C10H14O5. The van der Waals surface area contributed by atoms with E-state index in [0.29, 0.717) is 26.1 Å². The van der Waals surface area contributed by atoms with Crippen LogP contribution in [0.1, 0.15) is 25.7 Å². The molecule has 0 unspecified atom stereocenters. The summed E-state index contributed by atoms with van der Waals surface area (Å²) < 4.78 is 15.3. The van der Waals surface area contributed by atoms with E-state index in [-0.39, 0.29) is 24.1 Å². The van der Waals surface area contributed by atoms with E-state index >= 15 is 0 Å². The third-order valence-electron chi connectivity index (χ3n) is 2.54. The van der Waals surface area contributed by atoms with E-state index in [9.17, 15) is 9.59 Å². The highest BCUT2D eigenvalue weighted by molar-refractivity contribution is 5.71. The van der Waals surface area contributed by atoms with Crippen LogP contribution in [-0.2, 0) is 23.8 Å². The summed E-state index contributed by atoms with van der Waals surface area (Å²) in [5.41, 5.74) is 0. The fourth-order valence-corrected chi connectivity index (χ4v) is 1.73. The lowest BCUT2D eigenvalue weighted by Crippen LogP contribution is -2.21. The molecule has 0 bridgehead atoms. The summed E-state index contributed by atoms with van der Waals surface area (Å²) in [6, 6.07) is 0. The van der Waals surface area contributed by atoms with Gasteiger partial charge < -0.3 is 14.2 Å². The first-order valence-electron chi connectivity index (χ1n) is 5.21. The van der Waals surface area contributed by atoms with Crippen molar-refractivity contribution in [1.82, 2.24) is 0 Å². The zero-order chi connectivity index (χ0) is 10.7. The van der Waals surface area contributed by atoms with Gasteiger partial charge >= 0.3 is 11.9 Å². The average Bonchev–Trinajstić information content (AvgIpc) is 2.76. The Kier molecular flexibility index (Phi) is 3.20. The van der Waals surface area contributed by atoms with E-state index in [1.165, 1.54) is 0 Å². The van der Waals surface area contributed by atoms with Crippen molar-refractivity contribution in [3.8, 4) is 0 Å². The maximum atomic E-state index is 10.8. The Labute approximate surface area is 87.7 Å². The van der Waals surface area contributed by atoms with Crippen LogP contribution in [0.15, 0.2) is 0 Å². The van der Waals surface area contributed by atoms with Crippen LogP contribution in [0.3, 0.4) is 0 Å². The third kappa shape index (κ3) is 2.92. The lowest BCUT2D eigenvalue weighted by atomic mass is 10.2. The molecule has 5 heteroatoms. The van der Waals surface area contributed by atoms with Crippen LogP contribution in [-0.4, -0.2) is 37.4 Å². The van der Waals surface area contributed by atoms with Crippen LogP contribution in [0.5, 0.6) is 0 Å². The minimum atomic E-state index is -0.157. The molecule has 2 atom stereocenters. The summed E-state index contributed by atoms with van der Waals surface area (Å²) >= 11 is 0. The first kappa shape index (κ1) is 10.4. The summed E-state index contributed by atoms with van der Waals surface area (Å²) in [5, 5.41) is 0. The Morgan fingerprint density at radius 3 is 1.80 bits per heavy atom. The molecule has 0 aromatic heterocycles. The van der Waals surface area contributed by atoms with Crippen molar-refractivity contribution in [2.24, 2.45) is 0 Å². The van der Waals surface area contributed by atoms with E-state index in [1.807, 2.05) is 0 Å². The average molecular weight is 214 g/mol. The van der Waals surface area contributed by atoms with Gasteiger partial charge in [0.2, 0.25) is 0 Å². The van der Waals surface area contributed by atoms with E-state index in [1.54, 1.807) is 0 Å². The van der Waals surface area contributed by atoms with Gasteiger partial charge in [-0.3, -0.25) is 9.59 Å². The Balaban J connectivity index is 1.59. The number of hydrogen-bond donors (Lipinski definition) is 0. The van der Waals surface area contributed by atoms with Crippen LogP contribution >= 0.6 is 0 Å². The lowest BCUT2D eigenvalue weighted by Gasteiger charge is -2.12. The molecule has 5 nitrogen and oxygen atoms in total. The number of carbonyl (C=O) groups is 2. The first-order valence-corrected chi connectivity index (χ1v) is 5.21. The number of rotatable bonds is 4. The first-order chi connectivity index (χ1) is 7.24. The molecule has 15 heavy (non-hydrogen) atoms. The Morgan fingerprint density at radius 2 is 1.47 bits per heavy atom. The molecule has 2 aliphatic heterocycles. The molecule has 0 radical (unpaired) electrons. The molecular weight excluding hydrogens is 200 g/mol. The fourth-order valence-electron chi connectivity index (χ4n) is 1.73. The zero-order valence-electron chi connectivity index (χ0n) is 8.44. The highest BCUT2D eigenvalue weighted by Crippen LogP contribution is 2.16. The third-order valence-corrected chi connectivity index (χ3v) is 2.54. The summed E-state index contributed by atoms with van der Waals surface area (Å²) in [7, 11) is 0. The van der Waals surface area contributed by atoms with Crippen LogP contribution in [0.2, 0.25) is 0 Å². The van der Waals surface area contributed by atoms with Crippen molar-refractivity contribution in [2.45, 2.75) is 37.9 Å². The van der Waals surface area contributed by atoms with Gasteiger partial charge in [0, 0.05) is 12.8 Å². The molecule has 0 aromatic carbocycles. The minimum absolute atomic E-state index is 0.116. The monoisotopic (exact) mass is 214 g/mol. The van der Waals surface area contributed by atoms with Crippen molar-refractivity contribution in [3.05, 3.63) is 0 Å². The smallest absolute Gasteiger partial charge is 0.306 e. The Bertz CT molecular complexity index is 237. The van der Waals surface area contributed by atoms with Gasteiger partial charge in [-0.1, -0.05) is 0 Å². The van der Waals surface area contributed by atoms with Gasteiger partial charge in [0.15, 0.2) is 0 Å². The molecule has 2 fully saturated rings. The van der Waals surface area contributed by atoms with Crippen LogP contribution < -0.4 is 0 Å². The van der Waals surface area contributed by atoms with Gasteiger partial charge in [-0.25, -0.2) is 0 Å². The SMILES string of the molecule is O=C1CC[C@H](COC[C@H]2CCC(=O)O2)O1. The summed E-state index contributed by atoms with van der Waals surface area (Å²) in [6.45, 7) is 0.805. The Hall–Kier alpha value is -1.10. The Morgan fingerprint density at radius 1 is 1.00 bits per heavy atom. The van der Waals surface area contributed by atoms with E-state index in [0.717, 1.165) is 12.8 Å². The molecule has 2 saturated heterocycles. The highest BCUT2D eigenvalue weighted by Gasteiger charge is 2.26. The van der Waals surface area contributed by atoms with Crippen molar-refractivity contribution in [1.29, 1.82) is 0 Å². The summed E-state index contributed by atoms with van der Waals surface area (Å²) in [5.74, 6) is -0.313. The minimum Gasteiger partial charge on any atom is -0.460 e. The fraction of sp³-hybridized carbons (Fsp3) is 0.800. The maximum absolute atomic E-state index is 10.8. The van der Waals surface area contributed by atoms with Crippen molar-refractivity contribution < 1.29 is 23.8 Å². The van der Waals surface area contributed by atoms with Gasteiger partial charge in [-0.15, -0.1) is 0 Å². The second-order valence-electron chi connectivity index (χ2n) is 3.84. The normalized spacial score (nSPS) is 30.4. The highest BCUT2D eigenvalue weighted by atomic mass is 16.6. The number of carbonyl (C=O) groups excluding carboxylic acids is 2. The molecule has 0 amide bonds. The van der Waals surface area contributed by atoms with E-state index in [2.05, 4.69) is 0 Å². The van der Waals surface area contributed by atoms with Crippen LogP contribution in [0.25, 0.3) is 0 Å². The number of cyclic esters (lactones) is 2. The van der Waals surface area contributed by atoms with Crippen molar-refractivity contribution in [3.63, 3.8) is 0 Å². The van der Waals surface area contributed by atoms with Crippen LogP contribution in [0.4, 0.5) is 0 Å². The van der Waals surface area contributed by atoms with E-state index in [4.69, 9.17) is 14.2 Å². The molecule has 0 aromatic rings. The van der Waals surface area contributed by atoms with Gasteiger partial charge in [-0.05, 0) is 12.8 Å². The lowest BCUT2D eigenvalue weighted by molar-refractivity contribution is -0.145.